The minimum atomic E-state index is -6.97. The minimum Gasteiger partial charge on any atom is -0.422 e. The molecule has 0 saturated heterocycles. The maximum atomic E-state index is 13.2. The van der Waals surface area contributed by atoms with Gasteiger partial charge in [0.05, 0.1) is 5.56 Å². The first kappa shape index (κ1) is 28.9. The van der Waals surface area contributed by atoms with Gasteiger partial charge in [-0.2, -0.15) is 61.5 Å². The molecule has 5 nitrogen and oxygen atoms in total. The van der Waals surface area contributed by atoms with Gasteiger partial charge in [0.1, 0.15) is 5.75 Å². The van der Waals surface area contributed by atoms with E-state index < -0.39 is 65.3 Å². The summed E-state index contributed by atoms with van der Waals surface area (Å²) in [4.78, 5) is 33.5. The maximum absolute atomic E-state index is 13.2. The molecule has 0 N–H and O–H groups in total. The lowest BCUT2D eigenvalue weighted by atomic mass is 10.1. The third kappa shape index (κ3) is 5.01. The third-order valence-corrected chi connectivity index (χ3v) is 3.50. The van der Waals surface area contributed by atoms with Gasteiger partial charge in [-0.15, -0.1) is 0 Å². The van der Waals surface area contributed by atoms with E-state index in [4.69, 9.17) is 0 Å². The van der Waals surface area contributed by atoms with Gasteiger partial charge in [-0.05, 0) is 24.3 Å². The van der Waals surface area contributed by atoms with Crippen LogP contribution in [-0.4, -0.2) is 54.0 Å². The first-order chi connectivity index (χ1) is 14.9. The van der Waals surface area contributed by atoms with Crippen LogP contribution in [0.1, 0.15) is 10.4 Å². The molecule has 34 heavy (non-hydrogen) atoms. The van der Waals surface area contributed by atoms with E-state index in [-0.39, 0.29) is 24.3 Å². The van der Waals surface area contributed by atoms with Crippen molar-refractivity contribution in [3.8, 4) is 5.75 Å². The van der Waals surface area contributed by atoms with Gasteiger partial charge in [0.15, 0.2) is 0 Å². The summed E-state index contributed by atoms with van der Waals surface area (Å²) < 4.78 is 182. The summed E-state index contributed by atoms with van der Waals surface area (Å²) in [5.41, 5.74) is -1.16. The second kappa shape index (κ2) is 8.57. The number of ether oxygens (including phenoxy) is 2. The summed E-state index contributed by atoms with van der Waals surface area (Å²) in [6.07, 6.45) is -13.8. The zero-order valence-corrected chi connectivity index (χ0v) is 15.1. The molecule has 0 heterocycles. The second-order valence-corrected chi connectivity index (χ2v) is 5.88. The molecule has 0 aliphatic rings. The number of benzene rings is 1. The fraction of sp³-hybridized carbons (Fsp3) is 0.400. The van der Waals surface area contributed by atoms with Crippen LogP contribution >= 0.6 is 0 Å². The topological polar surface area (TPSA) is 69.7 Å². The van der Waals surface area contributed by atoms with E-state index in [1.165, 1.54) is 0 Å². The number of hydrogen-bond donors (Lipinski definition) is 0. The van der Waals surface area contributed by atoms with Crippen molar-refractivity contribution in [2.75, 3.05) is 0 Å². The van der Waals surface area contributed by atoms with Gasteiger partial charge in [0.25, 0.3) is 0 Å². The molecule has 0 atom stereocenters. The Morgan fingerprint density at radius 3 is 1.26 bits per heavy atom. The van der Waals surface area contributed by atoms with Gasteiger partial charge in [-0.1, -0.05) is 0 Å². The van der Waals surface area contributed by atoms with E-state index in [2.05, 4.69) is 9.47 Å². The molecule has 0 radical (unpaired) electrons. The Balaban J connectivity index is 3.00. The largest absolute Gasteiger partial charge is 0.460 e. The zero-order valence-electron chi connectivity index (χ0n) is 15.1. The third-order valence-electron chi connectivity index (χ3n) is 3.50. The monoisotopic (exact) mass is 530 g/mol. The molecule has 0 amide bonds. The van der Waals surface area contributed by atoms with Crippen LogP contribution in [0.3, 0.4) is 0 Å². The Hall–Kier alpha value is -3.15. The summed E-state index contributed by atoms with van der Waals surface area (Å²) in [5, 5.41) is 0. The van der Waals surface area contributed by atoms with Crippen molar-refractivity contribution in [3.05, 3.63) is 29.8 Å². The van der Waals surface area contributed by atoms with Gasteiger partial charge in [0.2, 0.25) is 0 Å². The number of alkyl halides is 14. The van der Waals surface area contributed by atoms with E-state index in [1.54, 1.807) is 0 Å². The molecule has 0 spiro atoms. The molecule has 0 unspecified atom stereocenters. The highest BCUT2D eigenvalue weighted by molar-refractivity contribution is 5.99. The predicted molar refractivity (Wildman–Crippen MR) is 74.4 cm³/mol. The second-order valence-electron chi connectivity index (χ2n) is 5.88. The van der Waals surface area contributed by atoms with Crippen LogP contribution in [-0.2, 0) is 14.3 Å². The van der Waals surface area contributed by atoms with Gasteiger partial charge in [-0.3, -0.25) is 0 Å². The fourth-order valence-electron chi connectivity index (χ4n) is 1.65. The number of carbonyl (C=O) groups is 3. The molecule has 0 aliphatic carbocycles. The highest BCUT2D eigenvalue weighted by Crippen LogP contribution is 2.48. The number of esters is 3. The average molecular weight is 530 g/mol. The van der Waals surface area contributed by atoms with Crippen LogP contribution in [0, 0.1) is 0 Å². The molecule has 0 bridgehead atoms. The van der Waals surface area contributed by atoms with E-state index >= 15 is 0 Å². The van der Waals surface area contributed by atoms with E-state index in [0.717, 1.165) is 0 Å². The molecule has 19 heteroatoms. The SMILES string of the molecule is O=C(OC(=O)C(F)(F)C(F)(F)C(F)(F)F)c1ccc(OC(=O)C(F)(F)C(F)(F)C(F)(F)F)cc1. The standard InChI is InChI=1S/C15H4F14O5/c16-10(17,12(20,21)14(24,25)26)8(31)33-6-3-1-5(2-4-6)7(30)34-9(32)11(18,19)13(22,23)15(27,28)29/h1-4H. The summed E-state index contributed by atoms with van der Waals surface area (Å²) in [5.74, 6) is -37.6. The molecule has 0 aliphatic heterocycles. The van der Waals surface area contributed by atoms with Gasteiger partial charge < -0.3 is 9.47 Å². The Kier molecular flexibility index (Phi) is 7.28. The molecule has 0 saturated carbocycles. The van der Waals surface area contributed by atoms with E-state index in [1.807, 2.05) is 0 Å². The van der Waals surface area contributed by atoms with Crippen LogP contribution < -0.4 is 4.74 Å². The van der Waals surface area contributed by atoms with Crippen molar-refractivity contribution in [1.29, 1.82) is 0 Å². The summed E-state index contributed by atoms with van der Waals surface area (Å²) in [7, 11) is 0. The van der Waals surface area contributed by atoms with Crippen molar-refractivity contribution in [2.24, 2.45) is 0 Å². The van der Waals surface area contributed by atoms with Crippen LogP contribution in [0.4, 0.5) is 61.5 Å². The van der Waals surface area contributed by atoms with Crippen molar-refractivity contribution >= 4 is 17.9 Å². The maximum Gasteiger partial charge on any atom is 0.460 e. The Morgan fingerprint density at radius 2 is 0.912 bits per heavy atom. The zero-order chi connectivity index (χ0) is 27.1. The van der Waals surface area contributed by atoms with Crippen molar-refractivity contribution in [2.45, 2.75) is 36.0 Å². The van der Waals surface area contributed by atoms with Gasteiger partial charge in [0, 0.05) is 0 Å². The molecule has 0 fully saturated rings. The molecular weight excluding hydrogens is 526 g/mol. The van der Waals surface area contributed by atoms with Gasteiger partial charge in [-0.25, -0.2) is 14.4 Å². The highest BCUT2D eigenvalue weighted by atomic mass is 19.4. The minimum absolute atomic E-state index is 0.170. The Morgan fingerprint density at radius 1 is 0.559 bits per heavy atom. The summed E-state index contributed by atoms with van der Waals surface area (Å²) >= 11 is 0. The van der Waals surface area contributed by atoms with Gasteiger partial charge >= 0.3 is 54.0 Å². The number of hydrogen-bond acceptors (Lipinski definition) is 5. The number of halogens is 14. The highest BCUT2D eigenvalue weighted by Gasteiger charge is 2.78. The molecule has 1 aromatic carbocycles. The molecule has 1 aromatic rings. The Bertz CT molecular complexity index is 946. The fourth-order valence-corrected chi connectivity index (χ4v) is 1.65. The quantitative estimate of drug-likeness (QED) is 0.226. The van der Waals surface area contributed by atoms with Crippen molar-refractivity contribution in [1.82, 2.24) is 0 Å². The van der Waals surface area contributed by atoms with E-state index in [0.29, 0.717) is 0 Å². The lowest BCUT2D eigenvalue weighted by Crippen LogP contribution is -2.57. The molecule has 1 rings (SSSR count). The summed E-state index contributed by atoms with van der Waals surface area (Å²) in [6, 6.07) is 0.725. The van der Waals surface area contributed by atoms with Crippen LogP contribution in [0.5, 0.6) is 5.75 Å². The smallest absolute Gasteiger partial charge is 0.422 e. The average Bonchev–Trinajstić information content (AvgIpc) is 2.66. The first-order valence-electron chi connectivity index (χ1n) is 7.65. The number of rotatable bonds is 6. The first-order valence-corrected chi connectivity index (χ1v) is 7.65. The Labute approximate surface area is 176 Å². The van der Waals surface area contributed by atoms with Crippen LogP contribution in [0.25, 0.3) is 0 Å². The predicted octanol–water partition coefficient (Wildman–Crippen LogP) is 4.94. The van der Waals surface area contributed by atoms with Crippen LogP contribution in [0.15, 0.2) is 24.3 Å². The van der Waals surface area contributed by atoms with Crippen molar-refractivity contribution in [3.63, 3.8) is 0 Å². The molecule has 0 aromatic heterocycles. The number of carbonyl (C=O) groups excluding carboxylic acids is 3. The summed E-state index contributed by atoms with van der Waals surface area (Å²) in [6.45, 7) is 0. The lowest BCUT2D eigenvalue weighted by Gasteiger charge is -2.26. The lowest BCUT2D eigenvalue weighted by molar-refractivity contribution is -0.347. The molecule has 192 valence electrons. The molecular formula is C15H4F14O5. The van der Waals surface area contributed by atoms with Crippen molar-refractivity contribution < 1.29 is 85.3 Å². The van der Waals surface area contributed by atoms with Crippen LogP contribution in [0.2, 0.25) is 0 Å². The normalized spacial score (nSPS) is 13.9. The van der Waals surface area contributed by atoms with E-state index in [9.17, 15) is 75.8 Å².